The van der Waals surface area contributed by atoms with E-state index in [2.05, 4.69) is 15.0 Å². The molecule has 4 rings (SSSR count). The number of aromatic nitrogens is 3. The number of rotatable bonds is 4. The largest absolute Gasteiger partial charge is 0.447 e. The van der Waals surface area contributed by atoms with Crippen molar-refractivity contribution in [2.45, 2.75) is 26.2 Å². The molecule has 0 aliphatic heterocycles. The highest BCUT2D eigenvalue weighted by molar-refractivity contribution is 6.09. The van der Waals surface area contributed by atoms with E-state index in [1.165, 1.54) is 18.5 Å². The second kappa shape index (κ2) is 8.70. The van der Waals surface area contributed by atoms with Crippen molar-refractivity contribution in [3.05, 3.63) is 121 Å². The summed E-state index contributed by atoms with van der Waals surface area (Å²) < 4.78 is 5.46. The van der Waals surface area contributed by atoms with E-state index in [1.54, 1.807) is 48.5 Å². The van der Waals surface area contributed by atoms with Crippen molar-refractivity contribution in [3.63, 3.8) is 0 Å². The summed E-state index contributed by atoms with van der Waals surface area (Å²) in [5.41, 5.74) is 0.892. The predicted octanol–water partition coefficient (Wildman–Crippen LogP) is 2.24. The Hall–Kier alpha value is -4.26. The van der Waals surface area contributed by atoms with Crippen LogP contribution in [0.3, 0.4) is 0 Å². The highest BCUT2D eigenvalue weighted by atomic mass is 16.3. The average Bonchev–Trinajstić information content (AvgIpc) is 3.26. The molecule has 0 unspecified atom stereocenters. The van der Waals surface area contributed by atoms with Crippen molar-refractivity contribution in [1.29, 1.82) is 0 Å². The number of carbonyl (C=O) groups is 1. The summed E-state index contributed by atoms with van der Waals surface area (Å²) in [6.07, 6.45) is 4.33. The molecule has 0 spiro atoms. The van der Waals surface area contributed by atoms with Gasteiger partial charge >= 0.3 is 0 Å². The van der Waals surface area contributed by atoms with Crippen LogP contribution in [-0.2, 0) is 5.41 Å². The average molecular weight is 441 g/mol. The van der Waals surface area contributed by atoms with Crippen LogP contribution in [0.4, 0.5) is 0 Å². The van der Waals surface area contributed by atoms with Crippen LogP contribution in [0.25, 0.3) is 12.2 Å². The fourth-order valence-electron chi connectivity index (χ4n) is 3.44. The molecular weight excluding hydrogens is 418 g/mol. The summed E-state index contributed by atoms with van der Waals surface area (Å²) in [6.45, 7) is 5.89. The van der Waals surface area contributed by atoms with Crippen LogP contribution < -0.4 is 21.8 Å². The third-order valence-corrected chi connectivity index (χ3v) is 5.04. The Labute approximate surface area is 189 Å². The van der Waals surface area contributed by atoms with Gasteiger partial charge in [0.2, 0.25) is 0 Å². The summed E-state index contributed by atoms with van der Waals surface area (Å²) in [6, 6.07) is 15.8. The van der Waals surface area contributed by atoms with Crippen LogP contribution in [0.2, 0.25) is 0 Å². The molecule has 7 heteroatoms. The van der Waals surface area contributed by atoms with Gasteiger partial charge in [0.1, 0.15) is 22.2 Å². The molecule has 0 atom stereocenters. The number of nitrogens with zero attached hydrogens (tertiary/aromatic N) is 1. The van der Waals surface area contributed by atoms with Gasteiger partial charge in [0.15, 0.2) is 12.2 Å². The summed E-state index contributed by atoms with van der Waals surface area (Å²) in [5.74, 6) is 0.485. The molecule has 0 radical (unpaired) electrons. The molecule has 33 heavy (non-hydrogen) atoms. The van der Waals surface area contributed by atoms with Gasteiger partial charge in [-0.25, -0.2) is 4.98 Å². The maximum absolute atomic E-state index is 12.7. The van der Waals surface area contributed by atoms with Crippen LogP contribution >= 0.6 is 0 Å². The second-order valence-corrected chi connectivity index (χ2v) is 8.66. The molecule has 0 fully saturated rings. The summed E-state index contributed by atoms with van der Waals surface area (Å²) in [5, 5.41) is 0.155. The lowest BCUT2D eigenvalue weighted by Gasteiger charge is -2.14. The highest BCUT2D eigenvalue weighted by Gasteiger charge is 2.22. The van der Waals surface area contributed by atoms with E-state index < -0.39 is 11.1 Å². The van der Waals surface area contributed by atoms with Crippen LogP contribution in [0.5, 0.6) is 0 Å². The first-order chi connectivity index (χ1) is 15.7. The van der Waals surface area contributed by atoms with Gasteiger partial charge < -0.3 is 14.4 Å². The summed E-state index contributed by atoms with van der Waals surface area (Å²) >= 11 is 0. The third-order valence-electron chi connectivity index (χ3n) is 5.04. The van der Waals surface area contributed by atoms with E-state index in [9.17, 15) is 14.4 Å². The minimum absolute atomic E-state index is 0.0737. The van der Waals surface area contributed by atoms with Crippen molar-refractivity contribution in [2.24, 2.45) is 0 Å². The number of aromatic amines is 2. The number of carbonyl (C=O) groups excluding carboxylic acids is 1. The molecule has 0 aliphatic carbocycles. The Morgan fingerprint density at radius 3 is 2.18 bits per heavy atom. The van der Waals surface area contributed by atoms with E-state index in [0.29, 0.717) is 28.1 Å². The van der Waals surface area contributed by atoms with Gasteiger partial charge in [0.25, 0.3) is 11.1 Å². The summed E-state index contributed by atoms with van der Waals surface area (Å²) in [7, 11) is 0. The maximum atomic E-state index is 12.7. The zero-order chi connectivity index (χ0) is 23.6. The fourth-order valence-corrected chi connectivity index (χ4v) is 3.44. The van der Waals surface area contributed by atoms with Crippen LogP contribution in [-0.4, -0.2) is 20.7 Å². The van der Waals surface area contributed by atoms with E-state index in [0.717, 1.165) is 0 Å². The minimum Gasteiger partial charge on any atom is -0.447 e. The number of nitrogens with one attached hydrogen (secondary N) is 2. The van der Waals surface area contributed by atoms with Crippen molar-refractivity contribution >= 4 is 17.9 Å². The standard InChI is InChI=1S/C26H23N3O4/c1-26(2,3)23-19(27-15-33-23)14-21-25(32)28-20(24(31)29-21)13-16-8-7-11-18(12-16)22(30)17-9-5-4-6-10-17/h4-15H,1-3H3,(H,28,32)(H,29,31)/b20-13+,21-14-. The maximum Gasteiger partial charge on any atom is 0.272 e. The number of ketones is 1. The molecule has 2 aromatic heterocycles. The smallest absolute Gasteiger partial charge is 0.272 e. The van der Waals surface area contributed by atoms with E-state index in [-0.39, 0.29) is 21.9 Å². The van der Waals surface area contributed by atoms with Gasteiger partial charge in [0, 0.05) is 16.5 Å². The quantitative estimate of drug-likeness (QED) is 0.472. The molecule has 0 aliphatic rings. The van der Waals surface area contributed by atoms with E-state index in [1.807, 2.05) is 26.8 Å². The van der Waals surface area contributed by atoms with Gasteiger partial charge in [-0.05, 0) is 23.8 Å². The highest BCUT2D eigenvalue weighted by Crippen LogP contribution is 2.25. The molecule has 2 heterocycles. The first-order valence-electron chi connectivity index (χ1n) is 10.4. The third kappa shape index (κ3) is 4.82. The van der Waals surface area contributed by atoms with Crippen molar-refractivity contribution in [3.8, 4) is 0 Å². The zero-order valence-electron chi connectivity index (χ0n) is 18.5. The fraction of sp³-hybridized carbons (Fsp3) is 0.154. The van der Waals surface area contributed by atoms with Gasteiger partial charge in [-0.15, -0.1) is 0 Å². The molecular formula is C26H23N3O4. The van der Waals surface area contributed by atoms with Crippen molar-refractivity contribution in [1.82, 2.24) is 15.0 Å². The van der Waals surface area contributed by atoms with Gasteiger partial charge in [-0.2, -0.15) is 0 Å². The lowest BCUT2D eigenvalue weighted by atomic mass is 9.92. The van der Waals surface area contributed by atoms with Crippen LogP contribution in [0, 0.1) is 0 Å². The second-order valence-electron chi connectivity index (χ2n) is 8.66. The molecule has 0 saturated heterocycles. The van der Waals surface area contributed by atoms with Crippen LogP contribution in [0.15, 0.2) is 75.0 Å². The molecule has 0 saturated carbocycles. The topological polar surface area (TPSA) is 109 Å². The lowest BCUT2D eigenvalue weighted by Crippen LogP contribution is -2.46. The normalized spacial score (nSPS) is 12.8. The molecule has 166 valence electrons. The Balaban J connectivity index is 1.74. The zero-order valence-corrected chi connectivity index (χ0v) is 18.5. The Morgan fingerprint density at radius 2 is 1.52 bits per heavy atom. The predicted molar refractivity (Wildman–Crippen MR) is 126 cm³/mol. The number of H-pyrrole nitrogens is 2. The van der Waals surface area contributed by atoms with Crippen molar-refractivity contribution in [2.75, 3.05) is 0 Å². The molecule has 7 nitrogen and oxygen atoms in total. The molecule has 4 aromatic rings. The monoisotopic (exact) mass is 441 g/mol. The summed E-state index contributed by atoms with van der Waals surface area (Å²) in [4.78, 5) is 47.4. The Morgan fingerprint density at radius 1 is 0.879 bits per heavy atom. The number of hydrogen-bond donors (Lipinski definition) is 2. The lowest BCUT2D eigenvalue weighted by molar-refractivity contribution is 0.103. The first-order valence-corrected chi connectivity index (χ1v) is 10.4. The molecule has 2 N–H and O–H groups in total. The Bertz CT molecular complexity index is 1550. The minimum atomic E-state index is -0.472. The SMILES string of the molecule is CC(C)(C)c1ocnc1/C=c1\[nH]c(=O)/c(=C\c2cccc(C(=O)c3ccccc3)c2)[nH]c1=O. The van der Waals surface area contributed by atoms with Crippen molar-refractivity contribution < 1.29 is 9.21 Å². The number of benzene rings is 2. The Kier molecular flexibility index (Phi) is 5.79. The molecule has 0 bridgehead atoms. The molecule has 2 aromatic carbocycles. The van der Waals surface area contributed by atoms with Crippen LogP contribution in [0.1, 0.15) is 53.7 Å². The van der Waals surface area contributed by atoms with Gasteiger partial charge in [-0.1, -0.05) is 69.3 Å². The number of oxazole rings is 1. The van der Waals surface area contributed by atoms with E-state index >= 15 is 0 Å². The number of hydrogen-bond acceptors (Lipinski definition) is 5. The van der Waals surface area contributed by atoms with E-state index in [4.69, 9.17) is 4.42 Å². The van der Waals surface area contributed by atoms with Gasteiger partial charge in [0.05, 0.1) is 0 Å². The van der Waals surface area contributed by atoms with Gasteiger partial charge in [-0.3, -0.25) is 14.4 Å². The molecule has 0 amide bonds. The first kappa shape index (κ1) is 22.0.